The van der Waals surface area contributed by atoms with Gasteiger partial charge in [0.2, 0.25) is 0 Å². The second-order valence-electron chi connectivity index (χ2n) is 7.72. The summed E-state index contributed by atoms with van der Waals surface area (Å²) in [6, 6.07) is 1.70. The molecular weight excluding hydrogens is 324 g/mol. The third-order valence-electron chi connectivity index (χ3n) is 5.21. The van der Waals surface area contributed by atoms with Gasteiger partial charge in [0.05, 0.1) is 0 Å². The van der Waals surface area contributed by atoms with E-state index in [1.807, 2.05) is 0 Å². The summed E-state index contributed by atoms with van der Waals surface area (Å²) >= 11 is 0. The minimum Gasteiger partial charge on any atom is -0.0655 e. The predicted octanol–water partition coefficient (Wildman–Crippen LogP) is 4.98. The standard InChI is InChI=1S/C20H48Si3/c1-2-3-4-5-6-7-8-9-10-11-12-13-14-15-16-17-18-19-20-22-23-21/h2-20,22-23H2,1,21H3. The van der Waals surface area contributed by atoms with Crippen LogP contribution in [0.25, 0.3) is 0 Å². The molecule has 0 heterocycles. The van der Waals surface area contributed by atoms with Crippen LogP contribution in [-0.2, 0) is 0 Å². The summed E-state index contributed by atoms with van der Waals surface area (Å²) in [5.41, 5.74) is 0. The van der Waals surface area contributed by atoms with Crippen LogP contribution in [0.1, 0.15) is 122 Å². The molecule has 0 aromatic heterocycles. The predicted molar refractivity (Wildman–Crippen MR) is 121 cm³/mol. The van der Waals surface area contributed by atoms with E-state index in [4.69, 9.17) is 0 Å². The molecule has 0 aromatic carbocycles. The number of hydrogen-bond donors (Lipinski definition) is 0. The van der Waals surface area contributed by atoms with Crippen molar-refractivity contribution in [2.45, 2.75) is 129 Å². The van der Waals surface area contributed by atoms with Crippen LogP contribution in [-0.4, -0.2) is 27.4 Å². The molecular formula is C20H48Si3. The topological polar surface area (TPSA) is 0 Å². The van der Waals surface area contributed by atoms with E-state index < -0.39 is 0 Å². The van der Waals surface area contributed by atoms with Gasteiger partial charge in [-0.05, 0) is 18.3 Å². The number of hydrogen-bond acceptors (Lipinski definition) is 0. The van der Waals surface area contributed by atoms with E-state index in [9.17, 15) is 0 Å². The molecule has 0 aromatic rings. The third-order valence-corrected chi connectivity index (χ3v) is 16.9. The summed E-state index contributed by atoms with van der Waals surface area (Å²) in [5.74, 6) is 0. The van der Waals surface area contributed by atoms with Crippen molar-refractivity contribution in [3.05, 3.63) is 0 Å². The average Bonchev–Trinajstić information content (AvgIpc) is 2.57. The van der Waals surface area contributed by atoms with Gasteiger partial charge in [-0.1, -0.05) is 129 Å². The van der Waals surface area contributed by atoms with E-state index in [2.05, 4.69) is 6.92 Å². The summed E-state index contributed by atoms with van der Waals surface area (Å²) in [4.78, 5) is 0. The lowest BCUT2D eigenvalue weighted by Gasteiger charge is -2.03. The Balaban J connectivity index is 2.92. The average molecular weight is 373 g/mol. The minimum atomic E-state index is 0.555. The first-order valence-electron chi connectivity index (χ1n) is 11.4. The molecule has 0 N–H and O–H groups in total. The number of unbranched alkanes of at least 4 members (excludes halogenated alkanes) is 17. The van der Waals surface area contributed by atoms with Gasteiger partial charge in [0.25, 0.3) is 0 Å². The van der Waals surface area contributed by atoms with Crippen LogP contribution in [0.2, 0.25) is 6.04 Å². The zero-order valence-electron chi connectivity index (χ0n) is 16.8. The van der Waals surface area contributed by atoms with Crippen LogP contribution in [0.5, 0.6) is 0 Å². The lowest BCUT2D eigenvalue weighted by molar-refractivity contribution is 0.526. The highest BCUT2D eigenvalue weighted by Crippen LogP contribution is 2.14. The molecule has 0 amide bonds. The van der Waals surface area contributed by atoms with Gasteiger partial charge in [-0.3, -0.25) is 0 Å². The van der Waals surface area contributed by atoms with Crippen molar-refractivity contribution in [2.75, 3.05) is 0 Å². The first kappa shape index (κ1) is 23.7. The molecule has 0 spiro atoms. The van der Waals surface area contributed by atoms with E-state index in [-0.39, 0.29) is 0 Å². The van der Waals surface area contributed by atoms with Crippen molar-refractivity contribution in [1.82, 2.24) is 0 Å². The second-order valence-corrected chi connectivity index (χ2v) is 24.3. The van der Waals surface area contributed by atoms with Gasteiger partial charge in [-0.2, -0.15) is 0 Å². The van der Waals surface area contributed by atoms with Crippen molar-refractivity contribution < 1.29 is 0 Å². The maximum Gasteiger partial charge on any atom is 0.00460 e. The molecule has 0 saturated heterocycles. The lowest BCUT2D eigenvalue weighted by Crippen LogP contribution is -2.01. The van der Waals surface area contributed by atoms with Gasteiger partial charge >= 0.3 is 0 Å². The molecule has 3 heteroatoms. The Morgan fingerprint density at radius 2 is 0.783 bits per heavy atom. The molecule has 0 radical (unpaired) electrons. The molecule has 23 heavy (non-hydrogen) atoms. The van der Waals surface area contributed by atoms with Gasteiger partial charge in [-0.15, -0.1) is 0 Å². The van der Waals surface area contributed by atoms with Gasteiger partial charge in [0, 0.05) is 9.04 Å². The molecule has 0 saturated carbocycles. The molecule has 0 aliphatic heterocycles. The normalized spacial score (nSPS) is 12.4. The van der Waals surface area contributed by atoms with E-state index >= 15 is 0 Å². The Morgan fingerprint density at radius 1 is 0.478 bits per heavy atom. The fourth-order valence-electron chi connectivity index (χ4n) is 3.51. The summed E-state index contributed by atoms with van der Waals surface area (Å²) < 4.78 is 0. The smallest absolute Gasteiger partial charge is 0.00460 e. The Kier molecular flexibility index (Phi) is 23.3. The fourth-order valence-corrected chi connectivity index (χ4v) is 11.8. The quantitative estimate of drug-likeness (QED) is 0.209. The highest BCUT2D eigenvalue weighted by Gasteiger charge is 1.95. The molecule has 0 aliphatic rings. The van der Waals surface area contributed by atoms with Crippen LogP contribution in [0.4, 0.5) is 0 Å². The van der Waals surface area contributed by atoms with Crippen LogP contribution in [0.15, 0.2) is 0 Å². The second kappa shape index (κ2) is 22.7. The Labute approximate surface area is 156 Å². The molecule has 0 unspecified atom stereocenters. The van der Waals surface area contributed by atoms with Gasteiger partial charge < -0.3 is 0 Å². The summed E-state index contributed by atoms with van der Waals surface area (Å²) in [6.45, 7) is 2.30. The highest BCUT2D eigenvalue weighted by atomic mass is 29.5. The minimum absolute atomic E-state index is 0.555. The monoisotopic (exact) mass is 372 g/mol. The maximum atomic E-state index is 2.30. The molecule has 0 nitrogen and oxygen atoms in total. The van der Waals surface area contributed by atoms with Crippen molar-refractivity contribution in [2.24, 2.45) is 0 Å². The van der Waals surface area contributed by atoms with Crippen molar-refractivity contribution in [3.63, 3.8) is 0 Å². The molecule has 0 rings (SSSR count). The molecule has 0 atom stereocenters. The molecule has 0 fully saturated rings. The van der Waals surface area contributed by atoms with Crippen molar-refractivity contribution in [1.29, 1.82) is 0 Å². The zero-order chi connectivity index (χ0) is 16.8. The van der Waals surface area contributed by atoms with Gasteiger partial charge in [0.15, 0.2) is 0 Å². The Bertz CT molecular complexity index is 177. The van der Waals surface area contributed by atoms with Gasteiger partial charge in [0.1, 0.15) is 0 Å². The first-order chi connectivity index (χ1) is 11.4. The van der Waals surface area contributed by atoms with E-state index in [1.54, 1.807) is 28.6 Å². The maximum absolute atomic E-state index is 2.30. The first-order valence-corrected chi connectivity index (χ1v) is 22.1. The van der Waals surface area contributed by atoms with E-state index in [0.717, 1.165) is 0 Å². The Morgan fingerprint density at radius 3 is 1.09 bits per heavy atom. The lowest BCUT2D eigenvalue weighted by atomic mass is 10.0. The van der Waals surface area contributed by atoms with Crippen LogP contribution < -0.4 is 0 Å². The van der Waals surface area contributed by atoms with Gasteiger partial charge in [-0.25, -0.2) is 0 Å². The molecule has 0 bridgehead atoms. The van der Waals surface area contributed by atoms with Crippen LogP contribution >= 0.6 is 0 Å². The third kappa shape index (κ3) is 22.7. The summed E-state index contributed by atoms with van der Waals surface area (Å²) in [6.07, 6.45) is 27.0. The zero-order valence-corrected chi connectivity index (χ0v) is 21.7. The van der Waals surface area contributed by atoms with Crippen LogP contribution in [0, 0.1) is 0 Å². The molecule has 0 aliphatic carbocycles. The highest BCUT2D eigenvalue weighted by molar-refractivity contribution is 7.23. The van der Waals surface area contributed by atoms with Crippen LogP contribution in [0.3, 0.4) is 0 Å². The summed E-state index contributed by atoms with van der Waals surface area (Å²) in [5, 5.41) is 0. The fraction of sp³-hybridized carbons (Fsp3) is 1.00. The van der Waals surface area contributed by atoms with Crippen molar-refractivity contribution in [3.8, 4) is 0 Å². The van der Waals surface area contributed by atoms with E-state index in [0.29, 0.717) is 17.6 Å². The van der Waals surface area contributed by atoms with E-state index in [1.165, 1.54) is 103 Å². The molecule has 140 valence electrons. The largest absolute Gasteiger partial charge is 0.0655 e. The Hall–Kier alpha value is 0.651. The van der Waals surface area contributed by atoms with Crippen molar-refractivity contribution >= 4 is 27.4 Å². The number of rotatable bonds is 20. The SMILES string of the molecule is CCCCCCCCCCCCCCCCCCCC[SiH2][SiH2][SiH3]. The summed E-state index contributed by atoms with van der Waals surface area (Å²) in [7, 11) is 2.79.